The number of nitrogens with zero attached hydrogens (tertiary/aromatic N) is 2. The van der Waals surface area contributed by atoms with E-state index >= 15 is 0 Å². The maximum atomic E-state index is 12.6. The highest BCUT2D eigenvalue weighted by molar-refractivity contribution is 6.36. The summed E-state index contributed by atoms with van der Waals surface area (Å²) in [6, 6.07) is 14.3. The van der Waals surface area contributed by atoms with Gasteiger partial charge in [-0.2, -0.15) is 0 Å². The van der Waals surface area contributed by atoms with Gasteiger partial charge in [0, 0.05) is 27.9 Å². The maximum absolute atomic E-state index is 12.6. The first-order chi connectivity index (χ1) is 14.3. The van der Waals surface area contributed by atoms with E-state index in [4.69, 9.17) is 27.6 Å². The molecule has 0 aliphatic rings. The third-order valence-corrected chi connectivity index (χ3v) is 5.10. The molecule has 0 saturated carbocycles. The van der Waals surface area contributed by atoms with Crippen LogP contribution in [0.25, 0.3) is 22.6 Å². The number of rotatable bonds is 4. The second-order valence-electron chi connectivity index (χ2n) is 6.49. The van der Waals surface area contributed by atoms with Crippen LogP contribution < -0.4 is 5.32 Å². The van der Waals surface area contributed by atoms with Crippen molar-refractivity contribution < 1.29 is 14.1 Å². The molecule has 9 heteroatoms. The van der Waals surface area contributed by atoms with Crippen LogP contribution in [0.3, 0.4) is 0 Å². The number of halogens is 2. The lowest BCUT2D eigenvalue weighted by molar-refractivity contribution is -0.385. The molecule has 1 heterocycles. The van der Waals surface area contributed by atoms with Crippen LogP contribution in [0.15, 0.2) is 59.0 Å². The minimum absolute atomic E-state index is 0.112. The zero-order chi connectivity index (χ0) is 21.4. The summed E-state index contributed by atoms with van der Waals surface area (Å²) < 4.78 is 5.75. The molecule has 0 fully saturated rings. The van der Waals surface area contributed by atoms with E-state index in [2.05, 4.69) is 10.3 Å². The molecule has 7 nitrogen and oxygen atoms in total. The van der Waals surface area contributed by atoms with Crippen LogP contribution in [0.2, 0.25) is 10.0 Å². The van der Waals surface area contributed by atoms with Gasteiger partial charge in [-0.25, -0.2) is 4.98 Å². The van der Waals surface area contributed by atoms with E-state index in [1.807, 2.05) is 0 Å². The topological polar surface area (TPSA) is 98.3 Å². The highest BCUT2D eigenvalue weighted by atomic mass is 35.5. The quantitative estimate of drug-likeness (QED) is 0.297. The first-order valence-electron chi connectivity index (χ1n) is 8.75. The van der Waals surface area contributed by atoms with Crippen molar-refractivity contribution in [3.63, 3.8) is 0 Å². The SMILES string of the molecule is Cc1c(C(=O)Nc2ccc3oc(-c4ccc(Cl)cc4Cl)nc3c2)cccc1[N+](=O)[O-]. The number of fused-ring (bicyclic) bond motifs is 1. The standard InChI is InChI=1S/C21H13Cl2N3O4/c1-11-14(3-2-4-18(11)26(28)29)20(27)24-13-6-8-19-17(10-13)25-21(30-19)15-7-5-12(22)9-16(15)23/h2-10H,1H3,(H,24,27). The number of aromatic nitrogens is 1. The zero-order valence-electron chi connectivity index (χ0n) is 15.5. The van der Waals surface area contributed by atoms with Crippen LogP contribution in [-0.4, -0.2) is 15.8 Å². The smallest absolute Gasteiger partial charge is 0.273 e. The van der Waals surface area contributed by atoms with Gasteiger partial charge in [0.05, 0.1) is 15.5 Å². The van der Waals surface area contributed by atoms with Crippen molar-refractivity contribution in [2.24, 2.45) is 0 Å². The molecule has 0 saturated heterocycles. The number of carbonyl (C=O) groups is 1. The normalized spacial score (nSPS) is 10.9. The molecule has 4 rings (SSSR count). The molecule has 1 aromatic heterocycles. The number of oxazole rings is 1. The van der Waals surface area contributed by atoms with Gasteiger partial charge in [-0.15, -0.1) is 0 Å². The van der Waals surface area contributed by atoms with Gasteiger partial charge in [0.25, 0.3) is 11.6 Å². The van der Waals surface area contributed by atoms with E-state index in [1.54, 1.807) is 36.4 Å². The summed E-state index contributed by atoms with van der Waals surface area (Å²) >= 11 is 12.1. The molecule has 0 radical (unpaired) electrons. The van der Waals surface area contributed by atoms with Gasteiger partial charge < -0.3 is 9.73 Å². The number of nitro benzene ring substituents is 1. The maximum Gasteiger partial charge on any atom is 0.273 e. The molecule has 0 aliphatic carbocycles. The van der Waals surface area contributed by atoms with Crippen LogP contribution in [-0.2, 0) is 0 Å². The molecule has 0 atom stereocenters. The fourth-order valence-corrected chi connectivity index (χ4v) is 3.54. The van der Waals surface area contributed by atoms with Crippen molar-refractivity contribution in [2.75, 3.05) is 5.32 Å². The molecule has 1 N–H and O–H groups in total. The van der Waals surface area contributed by atoms with Gasteiger partial charge in [-0.3, -0.25) is 14.9 Å². The van der Waals surface area contributed by atoms with Crippen LogP contribution >= 0.6 is 23.2 Å². The number of hydrogen-bond acceptors (Lipinski definition) is 5. The Bertz CT molecular complexity index is 1320. The number of amides is 1. The lowest BCUT2D eigenvalue weighted by Gasteiger charge is -2.07. The molecule has 0 unspecified atom stereocenters. The molecule has 1 amide bonds. The van der Waals surface area contributed by atoms with Gasteiger partial charge in [0.1, 0.15) is 5.52 Å². The number of carbonyl (C=O) groups excluding carboxylic acids is 1. The first-order valence-corrected chi connectivity index (χ1v) is 9.50. The second kappa shape index (κ2) is 7.78. The number of nitro groups is 1. The average Bonchev–Trinajstić information content (AvgIpc) is 3.10. The third kappa shape index (κ3) is 3.72. The highest BCUT2D eigenvalue weighted by Crippen LogP contribution is 2.32. The minimum atomic E-state index is -0.517. The molecular formula is C21H13Cl2N3O4. The van der Waals surface area contributed by atoms with Gasteiger partial charge in [-0.1, -0.05) is 29.3 Å². The Hall–Kier alpha value is -3.42. The van der Waals surface area contributed by atoms with Gasteiger partial charge in [-0.05, 0) is 49.4 Å². The van der Waals surface area contributed by atoms with Crippen molar-refractivity contribution >= 4 is 51.6 Å². The summed E-state index contributed by atoms with van der Waals surface area (Å²) in [6.45, 7) is 1.54. The summed E-state index contributed by atoms with van der Waals surface area (Å²) in [6.07, 6.45) is 0. The molecule has 0 spiro atoms. The van der Waals surface area contributed by atoms with Crippen molar-refractivity contribution in [2.45, 2.75) is 6.92 Å². The average molecular weight is 442 g/mol. The summed E-state index contributed by atoms with van der Waals surface area (Å²) in [4.78, 5) is 27.7. The van der Waals surface area contributed by atoms with Gasteiger partial charge in [0.15, 0.2) is 5.58 Å². The fourth-order valence-electron chi connectivity index (χ4n) is 3.05. The van der Waals surface area contributed by atoms with E-state index in [0.29, 0.717) is 43.9 Å². The van der Waals surface area contributed by atoms with Crippen LogP contribution in [0.4, 0.5) is 11.4 Å². The molecular weight excluding hydrogens is 429 g/mol. The van der Waals surface area contributed by atoms with E-state index in [1.165, 1.54) is 25.1 Å². The van der Waals surface area contributed by atoms with Crippen LogP contribution in [0.1, 0.15) is 15.9 Å². The second-order valence-corrected chi connectivity index (χ2v) is 7.33. The number of benzene rings is 3. The molecule has 3 aromatic carbocycles. The summed E-state index contributed by atoms with van der Waals surface area (Å²) in [5.74, 6) is -0.135. The Kier molecular flexibility index (Phi) is 5.15. The number of nitrogens with one attached hydrogen (secondary N) is 1. The van der Waals surface area contributed by atoms with E-state index < -0.39 is 10.8 Å². The van der Waals surface area contributed by atoms with Gasteiger partial charge in [0.2, 0.25) is 5.89 Å². The molecule has 0 bridgehead atoms. The molecule has 30 heavy (non-hydrogen) atoms. The van der Waals surface area contributed by atoms with Gasteiger partial charge >= 0.3 is 0 Å². The van der Waals surface area contributed by atoms with Crippen molar-refractivity contribution in [3.05, 3.63) is 85.9 Å². The van der Waals surface area contributed by atoms with Crippen molar-refractivity contribution in [3.8, 4) is 11.5 Å². The largest absolute Gasteiger partial charge is 0.436 e. The van der Waals surface area contributed by atoms with Crippen molar-refractivity contribution in [1.82, 2.24) is 4.98 Å². The Labute approximate surface area is 180 Å². The van der Waals surface area contributed by atoms with Crippen LogP contribution in [0, 0.1) is 17.0 Å². The molecule has 4 aromatic rings. The Morgan fingerprint density at radius 1 is 1.13 bits per heavy atom. The summed E-state index contributed by atoms with van der Waals surface area (Å²) in [5, 5.41) is 14.7. The third-order valence-electron chi connectivity index (χ3n) is 4.55. The number of hydrogen-bond donors (Lipinski definition) is 1. The highest BCUT2D eigenvalue weighted by Gasteiger charge is 2.18. The van der Waals surface area contributed by atoms with E-state index in [0.717, 1.165) is 0 Å². The summed E-state index contributed by atoms with van der Waals surface area (Å²) in [7, 11) is 0. The van der Waals surface area contributed by atoms with E-state index in [-0.39, 0.29) is 11.3 Å². The number of anilines is 1. The Balaban J connectivity index is 1.64. The van der Waals surface area contributed by atoms with Crippen molar-refractivity contribution in [1.29, 1.82) is 0 Å². The predicted octanol–water partition coefficient (Wildman–Crippen LogP) is 6.27. The first kappa shape index (κ1) is 19.9. The van der Waals surface area contributed by atoms with E-state index in [9.17, 15) is 14.9 Å². The zero-order valence-corrected chi connectivity index (χ0v) is 17.0. The minimum Gasteiger partial charge on any atom is -0.436 e. The Morgan fingerprint density at radius 2 is 1.93 bits per heavy atom. The molecule has 0 aliphatic heterocycles. The molecule has 150 valence electrons. The lowest BCUT2D eigenvalue weighted by Crippen LogP contribution is -2.14. The van der Waals surface area contributed by atoms with Crippen LogP contribution in [0.5, 0.6) is 0 Å². The fraction of sp³-hybridized carbons (Fsp3) is 0.0476. The monoisotopic (exact) mass is 441 g/mol. The summed E-state index contributed by atoms with van der Waals surface area (Å²) in [5.41, 5.74) is 2.50. The Morgan fingerprint density at radius 3 is 2.67 bits per heavy atom. The lowest BCUT2D eigenvalue weighted by atomic mass is 10.1. The predicted molar refractivity (Wildman–Crippen MR) is 115 cm³/mol.